The third kappa shape index (κ3) is 2.48. The third-order valence-electron chi connectivity index (χ3n) is 9.15. The van der Waals surface area contributed by atoms with Crippen molar-refractivity contribution in [3.8, 4) is 0 Å². The number of likely N-dealkylation sites (tertiary alicyclic amines) is 1. The largest absolute Gasteiger partial charge is 0.466 e. The van der Waals surface area contributed by atoms with Gasteiger partial charge >= 0.3 is 5.97 Å². The first kappa shape index (κ1) is 20.7. The van der Waals surface area contributed by atoms with Crippen LogP contribution < -0.4 is 0 Å². The summed E-state index contributed by atoms with van der Waals surface area (Å²) in [4.78, 5) is 15.1. The van der Waals surface area contributed by atoms with Crippen LogP contribution in [-0.4, -0.2) is 66.8 Å². The van der Waals surface area contributed by atoms with Crippen molar-refractivity contribution in [1.82, 2.24) is 4.90 Å². The molecule has 0 aromatic carbocycles. The summed E-state index contributed by atoms with van der Waals surface area (Å²) < 4.78 is 11.5. The van der Waals surface area contributed by atoms with Crippen molar-refractivity contribution in [3.63, 3.8) is 0 Å². The number of aliphatic hydroxyl groups excluding tert-OH is 1. The molecule has 2 N–H and O–H groups in total. The van der Waals surface area contributed by atoms with Crippen molar-refractivity contribution in [2.75, 3.05) is 33.9 Å². The Labute approximate surface area is 178 Å². The molecule has 0 radical (unpaired) electrons. The molecule has 0 aromatic rings. The zero-order valence-electron chi connectivity index (χ0n) is 18.7. The quantitative estimate of drug-likeness (QED) is 0.672. The molecule has 0 saturated carbocycles. The molecule has 5 atom stereocenters. The lowest BCUT2D eigenvalue weighted by atomic mass is 9.49. The average molecular weight is 418 g/mol. The molecule has 0 amide bonds. The summed E-state index contributed by atoms with van der Waals surface area (Å²) in [5, 5.41) is 22.3. The Bertz CT molecular complexity index is 835. The molecule has 166 valence electrons. The van der Waals surface area contributed by atoms with Gasteiger partial charge < -0.3 is 24.6 Å². The molecular weight excluding hydrogens is 382 g/mol. The van der Waals surface area contributed by atoms with E-state index in [2.05, 4.69) is 11.9 Å². The van der Waals surface area contributed by atoms with Gasteiger partial charge in [-0.25, -0.2) is 4.79 Å². The Balaban J connectivity index is 1.67. The highest BCUT2D eigenvalue weighted by atomic mass is 16.6. The maximum Gasteiger partial charge on any atom is 0.334 e. The molecule has 2 spiro atoms. The van der Waals surface area contributed by atoms with Crippen LogP contribution in [0.5, 0.6) is 0 Å². The number of piperidine rings is 1. The van der Waals surface area contributed by atoms with Crippen molar-refractivity contribution in [3.05, 3.63) is 22.3 Å². The van der Waals surface area contributed by atoms with Gasteiger partial charge in [0, 0.05) is 41.8 Å². The van der Waals surface area contributed by atoms with Gasteiger partial charge in [-0.1, -0.05) is 13.8 Å². The number of allylic oxidation sites excluding steroid dienone is 1. The molecule has 6 nitrogen and oxygen atoms in total. The number of rotatable bonds is 2. The summed E-state index contributed by atoms with van der Waals surface area (Å²) in [6, 6.07) is 0. The van der Waals surface area contributed by atoms with Gasteiger partial charge in [0.15, 0.2) is 5.79 Å². The highest BCUT2D eigenvalue weighted by Gasteiger charge is 2.68. The lowest BCUT2D eigenvalue weighted by molar-refractivity contribution is -0.300. The number of carbonyl (C=O) groups excluding carboxylic acids is 1. The van der Waals surface area contributed by atoms with Crippen LogP contribution in [0.4, 0.5) is 0 Å². The minimum absolute atomic E-state index is 0.0235. The van der Waals surface area contributed by atoms with E-state index in [1.807, 2.05) is 13.8 Å². The van der Waals surface area contributed by atoms with Crippen molar-refractivity contribution in [2.24, 2.45) is 22.7 Å². The van der Waals surface area contributed by atoms with E-state index in [1.54, 1.807) is 0 Å². The monoisotopic (exact) mass is 417 g/mol. The summed E-state index contributed by atoms with van der Waals surface area (Å²) >= 11 is 0. The Kier molecular flexibility index (Phi) is 4.58. The van der Waals surface area contributed by atoms with Gasteiger partial charge in [0.1, 0.15) is 0 Å². The van der Waals surface area contributed by atoms with Crippen molar-refractivity contribution in [2.45, 2.75) is 64.3 Å². The molecular formula is C24H35NO5. The second-order valence-electron chi connectivity index (χ2n) is 10.7. The predicted molar refractivity (Wildman–Crippen MR) is 111 cm³/mol. The van der Waals surface area contributed by atoms with Crippen LogP contribution in [0, 0.1) is 22.7 Å². The molecule has 5 aliphatic rings. The van der Waals surface area contributed by atoms with Gasteiger partial charge in [0.25, 0.3) is 0 Å². The number of nitrogens with zero attached hydrogens (tertiary/aromatic N) is 1. The summed E-state index contributed by atoms with van der Waals surface area (Å²) in [7, 11) is 3.61. The molecule has 2 heterocycles. The van der Waals surface area contributed by atoms with Crippen LogP contribution >= 0.6 is 0 Å². The zero-order chi connectivity index (χ0) is 21.5. The van der Waals surface area contributed by atoms with Crippen LogP contribution in [0.1, 0.15) is 52.4 Å². The Morgan fingerprint density at radius 1 is 1.30 bits per heavy atom. The van der Waals surface area contributed by atoms with Crippen molar-refractivity contribution in [1.29, 1.82) is 0 Å². The van der Waals surface area contributed by atoms with Crippen LogP contribution in [-0.2, 0) is 14.3 Å². The normalized spacial score (nSPS) is 43.4. The fourth-order valence-electron chi connectivity index (χ4n) is 7.60. The second kappa shape index (κ2) is 6.64. The fourth-order valence-corrected chi connectivity index (χ4v) is 7.60. The van der Waals surface area contributed by atoms with Gasteiger partial charge in [-0.05, 0) is 61.8 Å². The molecule has 0 aromatic heterocycles. The molecule has 2 aliphatic heterocycles. The van der Waals surface area contributed by atoms with Gasteiger partial charge in [0.2, 0.25) is 0 Å². The second-order valence-corrected chi connectivity index (χ2v) is 10.7. The topological polar surface area (TPSA) is 79.2 Å². The molecule has 2 fully saturated rings. The van der Waals surface area contributed by atoms with E-state index in [1.165, 1.54) is 12.7 Å². The predicted octanol–water partition coefficient (Wildman–Crippen LogP) is 2.40. The van der Waals surface area contributed by atoms with Gasteiger partial charge in [-0.3, -0.25) is 0 Å². The van der Waals surface area contributed by atoms with Crippen LogP contribution in [0.3, 0.4) is 0 Å². The molecule has 6 heteroatoms. The maximum atomic E-state index is 12.8. The first-order chi connectivity index (χ1) is 14.2. The molecule has 2 saturated heterocycles. The van der Waals surface area contributed by atoms with E-state index in [0.717, 1.165) is 55.5 Å². The minimum atomic E-state index is -1.10. The summed E-state index contributed by atoms with van der Waals surface area (Å²) in [6.45, 7) is 6.24. The first-order valence-corrected chi connectivity index (χ1v) is 11.4. The standard InChI is InChI=1S/C24H35NO5/c1-14(2)24(28)8-7-22(13-30-24)15-9-19(26)17-6-5-16-18(21(27)29-4)10-23(22,20(16)17)12-25(3)11-15/h14-15,19,26,28H,5-13H2,1-4H3/t15-,19?,22-,23-,24-/m1/s1. The number of hydrogen-bond donors (Lipinski definition) is 2. The van der Waals surface area contributed by atoms with Crippen molar-refractivity contribution >= 4 is 5.97 Å². The number of methoxy groups -OCH3 is 1. The fraction of sp³-hybridized carbons (Fsp3) is 0.792. The number of aliphatic hydroxyl groups is 2. The van der Waals surface area contributed by atoms with Gasteiger partial charge in [-0.2, -0.15) is 0 Å². The molecule has 1 unspecified atom stereocenters. The van der Waals surface area contributed by atoms with Gasteiger partial charge in [-0.15, -0.1) is 0 Å². The molecule has 5 rings (SSSR count). The van der Waals surface area contributed by atoms with E-state index >= 15 is 0 Å². The lowest BCUT2D eigenvalue weighted by Gasteiger charge is -2.62. The SMILES string of the molecule is COC(=O)C1=C2CCC3=C2[C@@]2(C1)CN(C)C[C@@H](CC3O)[C@]21CC[C@](O)(C(C)C)OC1. The Morgan fingerprint density at radius 2 is 2.07 bits per heavy atom. The highest BCUT2D eigenvalue weighted by Crippen LogP contribution is 2.70. The zero-order valence-corrected chi connectivity index (χ0v) is 18.7. The molecule has 2 bridgehead atoms. The lowest BCUT2D eigenvalue weighted by Crippen LogP contribution is -2.64. The number of carbonyl (C=O) groups is 1. The summed E-state index contributed by atoms with van der Waals surface area (Å²) in [5.41, 5.74) is 3.86. The van der Waals surface area contributed by atoms with E-state index in [9.17, 15) is 15.0 Å². The summed E-state index contributed by atoms with van der Waals surface area (Å²) in [6.07, 6.45) is 4.02. The third-order valence-corrected chi connectivity index (χ3v) is 9.15. The molecule has 30 heavy (non-hydrogen) atoms. The highest BCUT2D eigenvalue weighted by molar-refractivity contribution is 5.92. The minimum Gasteiger partial charge on any atom is -0.466 e. The van der Waals surface area contributed by atoms with Crippen molar-refractivity contribution < 1.29 is 24.5 Å². The summed E-state index contributed by atoms with van der Waals surface area (Å²) in [5.74, 6) is -1.05. The van der Waals surface area contributed by atoms with Crippen LogP contribution in [0.2, 0.25) is 0 Å². The first-order valence-electron chi connectivity index (χ1n) is 11.4. The Morgan fingerprint density at radius 3 is 2.70 bits per heavy atom. The van der Waals surface area contributed by atoms with Gasteiger partial charge in [0.05, 0.1) is 19.8 Å². The molecule has 3 aliphatic carbocycles. The number of ether oxygens (including phenoxy) is 2. The smallest absolute Gasteiger partial charge is 0.334 e. The Hall–Kier alpha value is -1.21. The maximum absolute atomic E-state index is 12.8. The number of esters is 1. The van der Waals surface area contributed by atoms with E-state index < -0.39 is 11.9 Å². The van der Waals surface area contributed by atoms with E-state index in [4.69, 9.17) is 9.47 Å². The van der Waals surface area contributed by atoms with Crippen LogP contribution in [0.15, 0.2) is 22.3 Å². The van der Waals surface area contributed by atoms with Crippen LogP contribution in [0.25, 0.3) is 0 Å². The van der Waals surface area contributed by atoms with E-state index in [0.29, 0.717) is 19.4 Å². The van der Waals surface area contributed by atoms with E-state index in [-0.39, 0.29) is 28.6 Å². The average Bonchev–Trinajstić information content (AvgIpc) is 3.26. The number of hydrogen-bond acceptors (Lipinski definition) is 6.